The zero-order valence-corrected chi connectivity index (χ0v) is 11.4. The first-order chi connectivity index (χ1) is 9.20. The van der Waals surface area contributed by atoms with Crippen LogP contribution in [0.1, 0.15) is 36.2 Å². The Morgan fingerprint density at radius 1 is 1.21 bits per heavy atom. The van der Waals surface area contributed by atoms with Gasteiger partial charge in [0.2, 0.25) is 0 Å². The van der Waals surface area contributed by atoms with Gasteiger partial charge in [0.25, 0.3) is 0 Å². The van der Waals surface area contributed by atoms with Crippen molar-refractivity contribution in [2.75, 3.05) is 6.54 Å². The smallest absolute Gasteiger partial charge is 0.123 e. The molecule has 2 nitrogen and oxygen atoms in total. The minimum atomic E-state index is -0.213. The van der Waals surface area contributed by atoms with Gasteiger partial charge in [-0.3, -0.25) is 4.98 Å². The Balaban J connectivity index is 2.32. The summed E-state index contributed by atoms with van der Waals surface area (Å²) in [5.41, 5.74) is 3.18. The van der Waals surface area contributed by atoms with Crippen LogP contribution in [0.25, 0.3) is 0 Å². The topological polar surface area (TPSA) is 24.9 Å². The Hall–Kier alpha value is -1.74. The minimum absolute atomic E-state index is 0.0143. The molecule has 2 aromatic rings. The number of aryl methyl sites for hydroxylation is 1. The van der Waals surface area contributed by atoms with Crippen molar-refractivity contribution in [2.24, 2.45) is 0 Å². The molecule has 2 rings (SSSR count). The fourth-order valence-corrected chi connectivity index (χ4v) is 2.05. The first-order valence-corrected chi connectivity index (χ1v) is 6.62. The first-order valence-electron chi connectivity index (χ1n) is 6.62. The SMILES string of the molecule is CCCNC(c1ccc(F)cc1)c1cc(C)ccn1. The molecule has 100 valence electrons. The van der Waals surface area contributed by atoms with Crippen LogP contribution in [0.15, 0.2) is 42.6 Å². The van der Waals surface area contributed by atoms with E-state index in [1.807, 2.05) is 31.3 Å². The molecule has 1 unspecified atom stereocenters. The van der Waals surface area contributed by atoms with Crippen LogP contribution in [-0.2, 0) is 0 Å². The van der Waals surface area contributed by atoms with Crippen molar-refractivity contribution in [1.82, 2.24) is 10.3 Å². The summed E-state index contributed by atoms with van der Waals surface area (Å²) in [6, 6.07) is 10.7. The van der Waals surface area contributed by atoms with Crippen LogP contribution in [0.3, 0.4) is 0 Å². The van der Waals surface area contributed by atoms with Crippen molar-refractivity contribution < 1.29 is 4.39 Å². The van der Waals surface area contributed by atoms with Crippen LogP contribution in [0, 0.1) is 12.7 Å². The second-order valence-corrected chi connectivity index (χ2v) is 4.70. The van der Waals surface area contributed by atoms with Gasteiger partial charge < -0.3 is 5.32 Å². The number of aromatic nitrogens is 1. The maximum Gasteiger partial charge on any atom is 0.123 e. The monoisotopic (exact) mass is 258 g/mol. The predicted octanol–water partition coefficient (Wildman–Crippen LogP) is 3.62. The molecule has 1 aromatic carbocycles. The van der Waals surface area contributed by atoms with Crippen LogP contribution in [-0.4, -0.2) is 11.5 Å². The second-order valence-electron chi connectivity index (χ2n) is 4.70. The molecule has 19 heavy (non-hydrogen) atoms. The van der Waals surface area contributed by atoms with E-state index < -0.39 is 0 Å². The number of benzene rings is 1. The fraction of sp³-hybridized carbons (Fsp3) is 0.312. The van der Waals surface area contributed by atoms with Crippen LogP contribution in [0.5, 0.6) is 0 Å². The maximum absolute atomic E-state index is 13.0. The number of rotatable bonds is 5. The van der Waals surface area contributed by atoms with Crippen molar-refractivity contribution in [3.63, 3.8) is 0 Å². The number of hydrogen-bond donors (Lipinski definition) is 1. The lowest BCUT2D eigenvalue weighted by Gasteiger charge is -2.19. The highest BCUT2D eigenvalue weighted by atomic mass is 19.1. The molecule has 0 radical (unpaired) electrons. The van der Waals surface area contributed by atoms with E-state index in [1.54, 1.807) is 0 Å². The fourth-order valence-electron chi connectivity index (χ4n) is 2.05. The minimum Gasteiger partial charge on any atom is -0.305 e. The molecule has 0 bridgehead atoms. The molecule has 3 heteroatoms. The molecule has 0 aliphatic heterocycles. The molecule has 0 amide bonds. The van der Waals surface area contributed by atoms with E-state index >= 15 is 0 Å². The largest absolute Gasteiger partial charge is 0.305 e. The Kier molecular flexibility index (Phi) is 4.63. The molecule has 0 saturated carbocycles. The molecule has 0 saturated heterocycles. The maximum atomic E-state index is 13.0. The standard InChI is InChI=1S/C16H19FN2/c1-3-9-19-16(13-4-6-14(17)7-5-13)15-11-12(2)8-10-18-15/h4-8,10-11,16,19H,3,9H2,1-2H3. The number of nitrogens with zero attached hydrogens (tertiary/aromatic N) is 1. The van der Waals surface area contributed by atoms with E-state index in [0.717, 1.165) is 24.2 Å². The second kappa shape index (κ2) is 6.43. The van der Waals surface area contributed by atoms with E-state index in [1.165, 1.54) is 17.7 Å². The third-order valence-electron chi connectivity index (χ3n) is 3.03. The van der Waals surface area contributed by atoms with Gasteiger partial charge in [0.15, 0.2) is 0 Å². The van der Waals surface area contributed by atoms with Crippen molar-refractivity contribution in [2.45, 2.75) is 26.3 Å². The van der Waals surface area contributed by atoms with Gasteiger partial charge in [0, 0.05) is 6.20 Å². The molecule has 0 spiro atoms. The summed E-state index contributed by atoms with van der Waals surface area (Å²) < 4.78 is 13.0. The van der Waals surface area contributed by atoms with Crippen molar-refractivity contribution in [3.8, 4) is 0 Å². The summed E-state index contributed by atoms with van der Waals surface area (Å²) in [5, 5.41) is 3.46. The van der Waals surface area contributed by atoms with Crippen molar-refractivity contribution >= 4 is 0 Å². The molecule has 0 fully saturated rings. The van der Waals surface area contributed by atoms with E-state index in [-0.39, 0.29) is 11.9 Å². The average Bonchev–Trinajstić information content (AvgIpc) is 2.41. The van der Waals surface area contributed by atoms with Gasteiger partial charge in [0.05, 0.1) is 11.7 Å². The molecular weight excluding hydrogens is 239 g/mol. The molecular formula is C16H19FN2. The average molecular weight is 258 g/mol. The lowest BCUT2D eigenvalue weighted by Crippen LogP contribution is -2.24. The van der Waals surface area contributed by atoms with Crippen LogP contribution < -0.4 is 5.32 Å². The first kappa shape index (κ1) is 13.7. The Labute approximate surface area is 113 Å². The summed E-state index contributed by atoms with van der Waals surface area (Å²) in [6.45, 7) is 5.07. The third kappa shape index (κ3) is 3.61. The van der Waals surface area contributed by atoms with Gasteiger partial charge >= 0.3 is 0 Å². The van der Waals surface area contributed by atoms with E-state index in [2.05, 4.69) is 23.3 Å². The number of pyridine rings is 1. The Bertz CT molecular complexity index is 523. The molecule has 1 N–H and O–H groups in total. The highest BCUT2D eigenvalue weighted by molar-refractivity contribution is 5.29. The van der Waals surface area contributed by atoms with Gasteiger partial charge in [-0.25, -0.2) is 4.39 Å². The van der Waals surface area contributed by atoms with E-state index in [4.69, 9.17) is 0 Å². The van der Waals surface area contributed by atoms with Crippen molar-refractivity contribution in [3.05, 3.63) is 65.2 Å². The number of hydrogen-bond acceptors (Lipinski definition) is 2. The number of nitrogens with one attached hydrogen (secondary N) is 1. The summed E-state index contributed by atoms with van der Waals surface area (Å²) >= 11 is 0. The van der Waals surface area contributed by atoms with Gasteiger partial charge in [-0.1, -0.05) is 19.1 Å². The van der Waals surface area contributed by atoms with Gasteiger partial charge in [-0.05, 0) is 55.3 Å². The number of halogens is 1. The summed E-state index contributed by atoms with van der Waals surface area (Å²) in [5.74, 6) is -0.213. The third-order valence-corrected chi connectivity index (χ3v) is 3.03. The molecule has 1 heterocycles. The molecule has 0 aliphatic carbocycles. The predicted molar refractivity (Wildman–Crippen MR) is 75.5 cm³/mol. The van der Waals surface area contributed by atoms with E-state index in [9.17, 15) is 4.39 Å². The Morgan fingerprint density at radius 3 is 2.58 bits per heavy atom. The summed E-state index contributed by atoms with van der Waals surface area (Å²) in [6.07, 6.45) is 2.86. The van der Waals surface area contributed by atoms with E-state index in [0.29, 0.717) is 0 Å². The lowest BCUT2D eigenvalue weighted by molar-refractivity contribution is 0.582. The Morgan fingerprint density at radius 2 is 1.95 bits per heavy atom. The highest BCUT2D eigenvalue weighted by Crippen LogP contribution is 2.21. The normalized spacial score (nSPS) is 12.4. The highest BCUT2D eigenvalue weighted by Gasteiger charge is 2.14. The van der Waals surface area contributed by atoms with Crippen LogP contribution in [0.2, 0.25) is 0 Å². The van der Waals surface area contributed by atoms with Gasteiger partial charge in [-0.15, -0.1) is 0 Å². The van der Waals surface area contributed by atoms with Crippen LogP contribution >= 0.6 is 0 Å². The molecule has 1 aromatic heterocycles. The summed E-state index contributed by atoms with van der Waals surface area (Å²) in [7, 11) is 0. The van der Waals surface area contributed by atoms with Gasteiger partial charge in [-0.2, -0.15) is 0 Å². The lowest BCUT2D eigenvalue weighted by atomic mass is 10.0. The molecule has 0 aliphatic rings. The van der Waals surface area contributed by atoms with Crippen molar-refractivity contribution in [1.29, 1.82) is 0 Å². The molecule has 1 atom stereocenters. The van der Waals surface area contributed by atoms with Crippen LogP contribution in [0.4, 0.5) is 4.39 Å². The summed E-state index contributed by atoms with van der Waals surface area (Å²) in [4.78, 5) is 4.44. The zero-order chi connectivity index (χ0) is 13.7. The zero-order valence-electron chi connectivity index (χ0n) is 11.4. The van der Waals surface area contributed by atoms with Gasteiger partial charge in [0.1, 0.15) is 5.82 Å². The quantitative estimate of drug-likeness (QED) is 0.886.